The van der Waals surface area contributed by atoms with Crippen molar-refractivity contribution in [3.8, 4) is 0 Å². The Morgan fingerprint density at radius 2 is 1.84 bits per heavy atom. The van der Waals surface area contributed by atoms with Crippen LogP contribution < -0.4 is 10.2 Å². The molecule has 31 heavy (non-hydrogen) atoms. The van der Waals surface area contributed by atoms with Gasteiger partial charge in [0, 0.05) is 50.8 Å². The first-order chi connectivity index (χ1) is 15.2. The highest BCUT2D eigenvalue weighted by Crippen LogP contribution is 2.27. The first-order valence-corrected chi connectivity index (χ1v) is 11.0. The highest BCUT2D eigenvalue weighted by Gasteiger charge is 2.20. The van der Waals surface area contributed by atoms with Gasteiger partial charge in [-0.3, -0.25) is 19.8 Å². The number of aromatic nitrogens is 3. The molecule has 0 aliphatic carbocycles. The molecule has 1 amide bonds. The van der Waals surface area contributed by atoms with Crippen LogP contribution in [0, 0.1) is 0 Å². The van der Waals surface area contributed by atoms with Gasteiger partial charge in [0.05, 0.1) is 11.4 Å². The number of piperazine rings is 1. The van der Waals surface area contributed by atoms with Gasteiger partial charge in [-0.2, -0.15) is 5.10 Å². The number of benzene rings is 1. The molecule has 4 rings (SSSR count). The minimum Gasteiger partial charge on any atom is -0.367 e. The van der Waals surface area contributed by atoms with Crippen LogP contribution in [0.4, 0.5) is 11.4 Å². The van der Waals surface area contributed by atoms with Crippen LogP contribution in [0.25, 0.3) is 0 Å². The maximum Gasteiger partial charge on any atom is 0.276 e. The smallest absolute Gasteiger partial charge is 0.276 e. The number of para-hydroxylation sites is 2. The summed E-state index contributed by atoms with van der Waals surface area (Å²) >= 11 is 0. The third-order valence-electron chi connectivity index (χ3n) is 5.71. The van der Waals surface area contributed by atoms with E-state index in [-0.39, 0.29) is 5.91 Å². The second-order valence-electron chi connectivity index (χ2n) is 7.93. The Labute approximate surface area is 183 Å². The van der Waals surface area contributed by atoms with E-state index in [0.717, 1.165) is 69.1 Å². The molecular weight excluding hydrogens is 388 g/mol. The molecule has 7 nitrogen and oxygen atoms in total. The number of amides is 1. The van der Waals surface area contributed by atoms with Crippen molar-refractivity contribution in [1.29, 1.82) is 0 Å². The van der Waals surface area contributed by atoms with Crippen LogP contribution in [0.5, 0.6) is 0 Å². The number of H-pyrrole nitrogens is 1. The van der Waals surface area contributed by atoms with E-state index in [2.05, 4.69) is 55.4 Å². The van der Waals surface area contributed by atoms with E-state index in [4.69, 9.17) is 0 Å². The number of aromatic amines is 1. The summed E-state index contributed by atoms with van der Waals surface area (Å²) in [5.41, 5.74) is 4.64. The monoisotopic (exact) mass is 418 g/mol. The maximum absolute atomic E-state index is 12.7. The average Bonchev–Trinajstić information content (AvgIpc) is 3.28. The van der Waals surface area contributed by atoms with E-state index >= 15 is 0 Å². The standard InChI is InChI=1S/C24H30N6O/c1-2-5-20-18-22(28-27-20)24(31)26-21-6-3-4-7-23(21)30-16-14-29(15-17-30)13-10-19-8-11-25-12-9-19/h3-4,6-9,11-12,18H,2,5,10,13-17H2,1H3,(H,26,31)(H,27,28). The molecule has 1 aliphatic rings. The van der Waals surface area contributed by atoms with Gasteiger partial charge in [0.2, 0.25) is 0 Å². The van der Waals surface area contributed by atoms with Gasteiger partial charge in [-0.05, 0) is 48.7 Å². The van der Waals surface area contributed by atoms with Crippen LogP contribution in [0.3, 0.4) is 0 Å². The van der Waals surface area contributed by atoms with Crippen molar-refractivity contribution in [3.05, 3.63) is 71.8 Å². The SMILES string of the molecule is CCCc1cc(C(=O)Nc2ccccc2N2CCN(CCc3ccncc3)CC2)n[nH]1. The Bertz CT molecular complexity index is 978. The number of nitrogens with zero attached hydrogens (tertiary/aromatic N) is 4. The van der Waals surface area contributed by atoms with Gasteiger partial charge >= 0.3 is 0 Å². The first-order valence-electron chi connectivity index (χ1n) is 11.0. The van der Waals surface area contributed by atoms with E-state index in [1.807, 2.05) is 36.7 Å². The molecule has 3 heterocycles. The predicted molar refractivity (Wildman–Crippen MR) is 124 cm³/mol. The van der Waals surface area contributed by atoms with Gasteiger partial charge < -0.3 is 10.2 Å². The molecule has 1 aromatic carbocycles. The molecule has 0 saturated carbocycles. The summed E-state index contributed by atoms with van der Waals surface area (Å²) in [5, 5.41) is 10.2. The largest absolute Gasteiger partial charge is 0.367 e. The maximum atomic E-state index is 12.7. The van der Waals surface area contributed by atoms with Crippen molar-refractivity contribution >= 4 is 17.3 Å². The van der Waals surface area contributed by atoms with Crippen molar-refractivity contribution in [1.82, 2.24) is 20.1 Å². The molecule has 2 N–H and O–H groups in total. The second kappa shape index (κ2) is 10.2. The molecule has 7 heteroatoms. The number of hydrogen-bond donors (Lipinski definition) is 2. The molecule has 0 atom stereocenters. The van der Waals surface area contributed by atoms with E-state index in [9.17, 15) is 4.79 Å². The van der Waals surface area contributed by atoms with E-state index < -0.39 is 0 Å². The van der Waals surface area contributed by atoms with Crippen molar-refractivity contribution in [2.24, 2.45) is 0 Å². The Morgan fingerprint density at radius 3 is 2.61 bits per heavy atom. The Kier molecular flexibility index (Phi) is 6.94. The molecule has 2 aromatic heterocycles. The lowest BCUT2D eigenvalue weighted by Crippen LogP contribution is -2.47. The van der Waals surface area contributed by atoms with E-state index in [1.54, 1.807) is 0 Å². The topological polar surface area (TPSA) is 77.2 Å². The molecule has 0 unspecified atom stereocenters. The quantitative estimate of drug-likeness (QED) is 0.587. The van der Waals surface area contributed by atoms with Gasteiger partial charge in [0.25, 0.3) is 5.91 Å². The van der Waals surface area contributed by atoms with E-state index in [0.29, 0.717) is 5.69 Å². The van der Waals surface area contributed by atoms with Crippen molar-refractivity contribution in [2.75, 3.05) is 42.9 Å². The van der Waals surface area contributed by atoms with Crippen LogP contribution in [0.1, 0.15) is 35.1 Å². The summed E-state index contributed by atoms with van der Waals surface area (Å²) < 4.78 is 0. The average molecular weight is 419 g/mol. The minimum atomic E-state index is -0.179. The number of hydrogen-bond acceptors (Lipinski definition) is 5. The van der Waals surface area contributed by atoms with Crippen LogP contribution in [0.15, 0.2) is 54.9 Å². The predicted octanol–water partition coefficient (Wildman–Crippen LogP) is 3.37. The summed E-state index contributed by atoms with van der Waals surface area (Å²) in [5.74, 6) is -0.179. The normalized spacial score (nSPS) is 14.5. The Hall–Kier alpha value is -3.19. The van der Waals surface area contributed by atoms with E-state index in [1.165, 1.54) is 5.56 Å². The lowest BCUT2D eigenvalue weighted by Gasteiger charge is -2.37. The molecule has 0 bridgehead atoms. The summed E-state index contributed by atoms with van der Waals surface area (Å²) in [6.07, 6.45) is 6.65. The summed E-state index contributed by atoms with van der Waals surface area (Å²) in [6.45, 7) is 7.05. The second-order valence-corrected chi connectivity index (χ2v) is 7.93. The molecule has 1 fully saturated rings. The Balaban J connectivity index is 1.34. The zero-order valence-electron chi connectivity index (χ0n) is 18.1. The fraction of sp³-hybridized carbons (Fsp3) is 0.375. The summed E-state index contributed by atoms with van der Waals surface area (Å²) in [7, 11) is 0. The first kappa shape index (κ1) is 21.1. The Morgan fingerprint density at radius 1 is 1.06 bits per heavy atom. The van der Waals surface area contributed by atoms with Crippen LogP contribution in [0.2, 0.25) is 0 Å². The lowest BCUT2D eigenvalue weighted by molar-refractivity contribution is 0.102. The molecule has 162 valence electrons. The van der Waals surface area contributed by atoms with Crippen LogP contribution >= 0.6 is 0 Å². The van der Waals surface area contributed by atoms with Gasteiger partial charge in [0.15, 0.2) is 5.69 Å². The number of rotatable bonds is 8. The summed E-state index contributed by atoms with van der Waals surface area (Å²) in [6, 6.07) is 14.0. The van der Waals surface area contributed by atoms with Crippen molar-refractivity contribution in [2.45, 2.75) is 26.2 Å². The van der Waals surface area contributed by atoms with Gasteiger partial charge in [-0.1, -0.05) is 25.5 Å². The zero-order valence-corrected chi connectivity index (χ0v) is 18.1. The molecular formula is C24H30N6O. The molecule has 1 saturated heterocycles. The molecule has 0 radical (unpaired) electrons. The molecule has 3 aromatic rings. The zero-order chi connectivity index (χ0) is 21.5. The van der Waals surface area contributed by atoms with Crippen LogP contribution in [-0.4, -0.2) is 58.7 Å². The number of anilines is 2. The highest BCUT2D eigenvalue weighted by molar-refractivity contribution is 6.04. The van der Waals surface area contributed by atoms with Gasteiger partial charge in [0.1, 0.15) is 0 Å². The third-order valence-corrected chi connectivity index (χ3v) is 5.71. The summed E-state index contributed by atoms with van der Waals surface area (Å²) in [4.78, 5) is 21.6. The third kappa shape index (κ3) is 5.49. The number of carbonyl (C=O) groups is 1. The number of nitrogens with one attached hydrogen (secondary N) is 2. The number of pyridine rings is 1. The van der Waals surface area contributed by atoms with Crippen molar-refractivity contribution < 1.29 is 4.79 Å². The minimum absolute atomic E-state index is 0.179. The van der Waals surface area contributed by atoms with Crippen LogP contribution in [-0.2, 0) is 12.8 Å². The highest BCUT2D eigenvalue weighted by atomic mass is 16.1. The number of aryl methyl sites for hydroxylation is 1. The fourth-order valence-electron chi connectivity index (χ4n) is 3.97. The fourth-order valence-corrected chi connectivity index (χ4v) is 3.97. The van der Waals surface area contributed by atoms with Crippen molar-refractivity contribution in [3.63, 3.8) is 0 Å². The van der Waals surface area contributed by atoms with Gasteiger partial charge in [-0.25, -0.2) is 0 Å². The lowest BCUT2D eigenvalue weighted by atomic mass is 10.1. The van der Waals surface area contributed by atoms with Gasteiger partial charge in [-0.15, -0.1) is 0 Å². The molecule has 1 aliphatic heterocycles. The number of carbonyl (C=O) groups excluding carboxylic acids is 1. The molecule has 0 spiro atoms.